The maximum absolute atomic E-state index is 14.8. The van der Waals surface area contributed by atoms with Crippen LogP contribution in [0.3, 0.4) is 0 Å². The van der Waals surface area contributed by atoms with Gasteiger partial charge >= 0.3 is 25.8 Å². The molecule has 0 atom stereocenters. The van der Waals surface area contributed by atoms with Gasteiger partial charge in [-0.25, -0.2) is 9.97 Å². The maximum Gasteiger partial charge on any atom is 4.00 e. The van der Waals surface area contributed by atoms with E-state index in [4.69, 9.17) is 9.97 Å². The molecule has 81 heavy (non-hydrogen) atoms. The molecule has 14 aromatic rings. The number of para-hydroxylation sites is 4. The van der Waals surface area contributed by atoms with Gasteiger partial charge in [0.15, 0.2) is 11.6 Å². The van der Waals surface area contributed by atoms with Gasteiger partial charge in [-0.1, -0.05) is 157 Å². The molecule has 0 bridgehead atoms. The standard InChI is InChI=1S/C58H44N6O2.2C7H7.Hf/c1-35-29-45(55(65)53(31-35)63-49-25-13-9-21-41(49)42-22-10-14-26-50(42)63)37-17-5-7-19-39(37)47-33-61(3)57(59-47)58-60-48(34-62(58)4)40-20-8-6-18-38(40)46-30-36(2)32-54(56(46)66)64-51-27-15-11-23-43(51)44-24-12-16-28-52(44)64;2*1-7-5-3-2-4-6-7;/h5-34,65-66H,1-4H3;2*2-6H,1H2;/q;2*-1;+4/p-2. The quantitative estimate of drug-likeness (QED) is 0.117. The Morgan fingerprint density at radius 3 is 0.938 bits per heavy atom. The summed E-state index contributed by atoms with van der Waals surface area (Å²) in [5.74, 6) is 1.22. The van der Waals surface area contributed by atoms with Crippen LogP contribution in [0.25, 0.3) is 111 Å². The van der Waals surface area contributed by atoms with Gasteiger partial charge in [0.05, 0.1) is 33.5 Å². The minimum absolute atomic E-state index is 0. The van der Waals surface area contributed by atoms with Gasteiger partial charge in [-0.3, -0.25) is 0 Å². The zero-order valence-electron chi connectivity index (χ0n) is 45.5. The number of nitrogens with zero attached hydrogens (tertiary/aromatic N) is 6. The Hall–Kier alpha value is -9.57. The third kappa shape index (κ3) is 10.1. The molecule has 4 heterocycles. The zero-order chi connectivity index (χ0) is 55.0. The van der Waals surface area contributed by atoms with Crippen LogP contribution in [0, 0.1) is 27.7 Å². The average molecular weight is 1220 g/mol. The Balaban J connectivity index is 0.000000404. The van der Waals surface area contributed by atoms with Crippen molar-refractivity contribution in [2.75, 3.05) is 0 Å². The number of aryl methyl sites for hydroxylation is 4. The predicted octanol–water partition coefficient (Wildman–Crippen LogP) is 16.2. The molecule has 0 saturated carbocycles. The molecule has 0 spiro atoms. The molecule has 4 aromatic heterocycles. The first kappa shape index (κ1) is 53.4. The molecule has 0 amide bonds. The van der Waals surface area contributed by atoms with Gasteiger partial charge in [0, 0.05) is 70.5 Å². The van der Waals surface area contributed by atoms with Gasteiger partial charge < -0.3 is 28.5 Å². The molecule has 0 N–H and O–H groups in total. The number of hydrogen-bond donors (Lipinski definition) is 0. The number of imidazole rings is 2. The van der Waals surface area contributed by atoms with E-state index in [1.807, 2.05) is 231 Å². The monoisotopic (exact) mass is 1220 g/mol. The van der Waals surface area contributed by atoms with E-state index in [9.17, 15) is 10.2 Å². The molecular formula is C72H56HfN6O2. The SMILES string of the molecule is Cc1cc(-c2ccccc2-c2cn(C)c(-c3nc(-c4ccccc4-c4cc(C)cc(-n5c6ccccc6c6ccccc65)c4[O-])cn3C)n2)c([O-])c(-n2c3ccccc3c3ccccc32)c1.[CH2-]c1ccccc1.[CH2-]c1ccccc1.[Hf+4]. The molecule has 10 aromatic carbocycles. The van der Waals surface area contributed by atoms with Crippen molar-refractivity contribution in [3.8, 4) is 79.3 Å². The topological polar surface area (TPSA) is 91.6 Å². The van der Waals surface area contributed by atoms with Gasteiger partial charge in [-0.15, -0.1) is 24.3 Å². The van der Waals surface area contributed by atoms with Gasteiger partial charge in [-0.2, -0.15) is 49.2 Å². The van der Waals surface area contributed by atoms with Crippen molar-refractivity contribution >= 4 is 43.6 Å². The van der Waals surface area contributed by atoms with Crippen LogP contribution in [0.15, 0.2) is 243 Å². The summed E-state index contributed by atoms with van der Waals surface area (Å²) in [5, 5.41) is 34.1. The molecule has 0 aliphatic heterocycles. The molecule has 0 unspecified atom stereocenters. The van der Waals surface area contributed by atoms with Crippen molar-refractivity contribution in [3.63, 3.8) is 0 Å². The Morgan fingerprint density at radius 1 is 0.346 bits per heavy atom. The summed E-state index contributed by atoms with van der Waals surface area (Å²) in [6, 6.07) is 76.7. The van der Waals surface area contributed by atoms with Crippen LogP contribution in [-0.4, -0.2) is 28.2 Å². The minimum Gasteiger partial charge on any atom is -0.871 e. The largest absolute Gasteiger partial charge is 4.00 e. The molecule has 0 aliphatic rings. The molecular weight excluding hydrogens is 1160 g/mol. The summed E-state index contributed by atoms with van der Waals surface area (Å²) in [6.07, 6.45) is 3.99. The van der Waals surface area contributed by atoms with Crippen molar-refractivity contribution in [1.29, 1.82) is 0 Å². The van der Waals surface area contributed by atoms with Crippen LogP contribution >= 0.6 is 0 Å². The number of fused-ring (bicyclic) bond motifs is 6. The second kappa shape index (κ2) is 22.7. The van der Waals surface area contributed by atoms with Crippen molar-refractivity contribution in [2.24, 2.45) is 14.1 Å². The van der Waals surface area contributed by atoms with Crippen molar-refractivity contribution in [1.82, 2.24) is 28.2 Å². The first-order valence-electron chi connectivity index (χ1n) is 26.6. The van der Waals surface area contributed by atoms with E-state index in [0.717, 1.165) is 99.5 Å². The second-order valence-electron chi connectivity index (χ2n) is 20.2. The smallest absolute Gasteiger partial charge is 0.871 e. The minimum atomic E-state index is -0.0554. The molecule has 14 rings (SSSR count). The van der Waals surface area contributed by atoms with Gasteiger partial charge in [0.25, 0.3) is 0 Å². The van der Waals surface area contributed by atoms with Crippen LogP contribution in [0.1, 0.15) is 22.3 Å². The molecule has 0 aliphatic carbocycles. The van der Waals surface area contributed by atoms with Gasteiger partial charge in [0.1, 0.15) is 0 Å². The fraction of sp³-hybridized carbons (Fsp3) is 0.0556. The summed E-state index contributed by atoms with van der Waals surface area (Å²) in [7, 11) is 3.94. The molecule has 9 heteroatoms. The van der Waals surface area contributed by atoms with Crippen molar-refractivity contribution in [2.45, 2.75) is 13.8 Å². The summed E-state index contributed by atoms with van der Waals surface area (Å²) < 4.78 is 8.17. The summed E-state index contributed by atoms with van der Waals surface area (Å²) in [6.45, 7) is 11.5. The molecule has 0 radical (unpaired) electrons. The van der Waals surface area contributed by atoms with Crippen molar-refractivity contribution < 1.29 is 36.1 Å². The number of hydrogen-bond acceptors (Lipinski definition) is 4. The van der Waals surface area contributed by atoms with E-state index in [-0.39, 0.29) is 37.3 Å². The third-order valence-electron chi connectivity index (χ3n) is 14.7. The van der Waals surface area contributed by atoms with Crippen LogP contribution in [0.5, 0.6) is 11.5 Å². The normalized spacial score (nSPS) is 11.1. The molecule has 390 valence electrons. The van der Waals surface area contributed by atoms with Crippen molar-refractivity contribution in [3.05, 3.63) is 279 Å². The van der Waals surface area contributed by atoms with Gasteiger partial charge in [0.2, 0.25) is 0 Å². The Labute approximate surface area is 490 Å². The third-order valence-corrected chi connectivity index (χ3v) is 14.7. The predicted molar refractivity (Wildman–Crippen MR) is 326 cm³/mol. The summed E-state index contributed by atoms with van der Waals surface area (Å²) in [5.41, 5.74) is 15.3. The molecule has 0 saturated heterocycles. The maximum atomic E-state index is 14.8. The van der Waals surface area contributed by atoms with Crippen LogP contribution in [0.4, 0.5) is 0 Å². The van der Waals surface area contributed by atoms with Crippen LogP contribution < -0.4 is 10.2 Å². The first-order chi connectivity index (χ1) is 39.0. The van der Waals surface area contributed by atoms with E-state index in [1.165, 1.54) is 0 Å². The van der Waals surface area contributed by atoms with E-state index in [0.29, 0.717) is 34.2 Å². The van der Waals surface area contributed by atoms with Crippen LogP contribution in [-0.2, 0) is 39.9 Å². The van der Waals surface area contributed by atoms with E-state index >= 15 is 0 Å². The van der Waals surface area contributed by atoms with E-state index < -0.39 is 0 Å². The average Bonchev–Trinajstić information content (AvgIpc) is 4.32. The van der Waals surface area contributed by atoms with E-state index in [2.05, 4.69) is 71.5 Å². The fourth-order valence-electron chi connectivity index (χ4n) is 11.1. The fourth-order valence-corrected chi connectivity index (χ4v) is 11.1. The molecule has 8 nitrogen and oxygen atoms in total. The van der Waals surface area contributed by atoms with E-state index in [1.54, 1.807) is 0 Å². The van der Waals surface area contributed by atoms with Gasteiger partial charge in [-0.05, 0) is 83.6 Å². The Morgan fingerprint density at radius 2 is 0.630 bits per heavy atom. The zero-order valence-corrected chi connectivity index (χ0v) is 49.1. The van der Waals surface area contributed by atoms with Crippen LogP contribution in [0.2, 0.25) is 0 Å². The summed E-state index contributed by atoms with van der Waals surface area (Å²) in [4.78, 5) is 10.5. The summed E-state index contributed by atoms with van der Waals surface area (Å²) >= 11 is 0. The Bertz CT molecular complexity index is 4190. The molecule has 0 fully saturated rings. The number of benzene rings is 10. The first-order valence-corrected chi connectivity index (χ1v) is 26.6. The second-order valence-corrected chi connectivity index (χ2v) is 20.2. The Kier molecular flexibility index (Phi) is 14.9. The number of aromatic nitrogens is 6. The number of rotatable bonds is 7.